The average Bonchev–Trinajstić information content (AvgIpc) is 2.89. The minimum Gasteiger partial charge on any atom is -0.489 e. The zero-order valence-corrected chi connectivity index (χ0v) is 22.0. The van der Waals surface area contributed by atoms with Crippen LogP contribution in [0.5, 0.6) is 5.75 Å². The van der Waals surface area contributed by atoms with Crippen LogP contribution in [-0.2, 0) is 21.4 Å². The summed E-state index contributed by atoms with van der Waals surface area (Å²) in [5.74, 6) is 0.218. The molecule has 0 radical (unpaired) electrons. The minimum absolute atomic E-state index is 0.131. The van der Waals surface area contributed by atoms with Crippen molar-refractivity contribution in [1.82, 2.24) is 0 Å². The number of carbonyl (C=O) groups excluding carboxylic acids is 1. The van der Waals surface area contributed by atoms with Crippen LogP contribution in [0.1, 0.15) is 22.3 Å². The van der Waals surface area contributed by atoms with Crippen molar-refractivity contribution in [3.8, 4) is 5.75 Å². The van der Waals surface area contributed by atoms with Gasteiger partial charge >= 0.3 is 0 Å². The zero-order chi connectivity index (χ0) is 26.4. The van der Waals surface area contributed by atoms with Crippen molar-refractivity contribution in [3.05, 3.63) is 119 Å². The van der Waals surface area contributed by atoms with Crippen LogP contribution in [0.3, 0.4) is 0 Å². The number of benzene rings is 4. The number of aryl methyl sites for hydroxylation is 2. The van der Waals surface area contributed by atoms with E-state index in [1.807, 2.05) is 57.2 Å². The van der Waals surface area contributed by atoms with Crippen molar-refractivity contribution < 1.29 is 17.9 Å². The summed E-state index contributed by atoms with van der Waals surface area (Å²) in [5.41, 5.74) is 4.76. The SMILES string of the molecule is Cc1ccc(S(=O)(=O)N(CC(=O)Nc2ccc(OCc3ccccc3)cc2)c2cccc(C)c2C)cc1. The molecule has 1 amide bonds. The van der Waals surface area contributed by atoms with Gasteiger partial charge in [-0.15, -0.1) is 0 Å². The molecule has 4 rings (SSSR count). The first kappa shape index (κ1) is 26.0. The molecule has 190 valence electrons. The molecule has 0 heterocycles. The van der Waals surface area contributed by atoms with Gasteiger partial charge in [-0.3, -0.25) is 9.10 Å². The number of anilines is 2. The first-order valence-electron chi connectivity index (χ1n) is 12.0. The normalized spacial score (nSPS) is 11.1. The number of amides is 1. The summed E-state index contributed by atoms with van der Waals surface area (Å²) in [7, 11) is -3.99. The number of ether oxygens (including phenoxy) is 1. The maximum Gasteiger partial charge on any atom is 0.264 e. The lowest BCUT2D eigenvalue weighted by Gasteiger charge is -2.26. The van der Waals surface area contributed by atoms with Gasteiger partial charge in [0.1, 0.15) is 18.9 Å². The number of hydrogen-bond acceptors (Lipinski definition) is 4. The van der Waals surface area contributed by atoms with Crippen molar-refractivity contribution in [3.63, 3.8) is 0 Å². The van der Waals surface area contributed by atoms with Crippen molar-refractivity contribution in [1.29, 1.82) is 0 Å². The van der Waals surface area contributed by atoms with E-state index in [1.165, 1.54) is 4.31 Å². The molecule has 0 aliphatic carbocycles. The van der Waals surface area contributed by atoms with Gasteiger partial charge in [-0.1, -0.05) is 60.2 Å². The molecule has 4 aromatic carbocycles. The first-order valence-corrected chi connectivity index (χ1v) is 13.4. The Morgan fingerprint density at radius 3 is 2.16 bits per heavy atom. The molecule has 0 saturated carbocycles. The molecule has 0 spiro atoms. The molecule has 0 aliphatic heterocycles. The maximum absolute atomic E-state index is 13.7. The minimum atomic E-state index is -3.99. The molecule has 0 fully saturated rings. The Morgan fingerprint density at radius 1 is 0.811 bits per heavy atom. The number of rotatable bonds is 9. The standard InChI is InChI=1S/C30H30N2O4S/c1-22-12-18-28(19-13-22)37(34,35)32(29-11-7-8-23(2)24(29)3)20-30(33)31-26-14-16-27(17-15-26)36-21-25-9-5-4-6-10-25/h4-19H,20-21H2,1-3H3,(H,31,33). The van der Waals surface area contributed by atoms with Crippen LogP contribution in [0.4, 0.5) is 11.4 Å². The Morgan fingerprint density at radius 2 is 1.49 bits per heavy atom. The molecule has 0 aromatic heterocycles. The Balaban J connectivity index is 1.52. The van der Waals surface area contributed by atoms with Gasteiger partial charge in [-0.25, -0.2) is 8.42 Å². The van der Waals surface area contributed by atoms with Gasteiger partial charge in [-0.2, -0.15) is 0 Å². The fourth-order valence-corrected chi connectivity index (χ4v) is 5.33. The maximum atomic E-state index is 13.7. The van der Waals surface area contributed by atoms with Crippen LogP contribution in [0.25, 0.3) is 0 Å². The monoisotopic (exact) mass is 514 g/mol. The summed E-state index contributed by atoms with van der Waals surface area (Å²) in [5, 5.41) is 2.81. The molecular formula is C30H30N2O4S. The van der Waals surface area contributed by atoms with Crippen LogP contribution in [-0.4, -0.2) is 20.9 Å². The lowest BCUT2D eigenvalue weighted by molar-refractivity contribution is -0.114. The van der Waals surface area contributed by atoms with E-state index in [9.17, 15) is 13.2 Å². The highest BCUT2D eigenvalue weighted by molar-refractivity contribution is 7.92. The fourth-order valence-electron chi connectivity index (χ4n) is 3.85. The van der Waals surface area contributed by atoms with Crippen molar-refractivity contribution in [2.45, 2.75) is 32.3 Å². The van der Waals surface area contributed by atoms with Crippen molar-refractivity contribution >= 4 is 27.3 Å². The second kappa shape index (κ2) is 11.3. The molecule has 4 aromatic rings. The molecular weight excluding hydrogens is 484 g/mol. The largest absolute Gasteiger partial charge is 0.489 e. The van der Waals surface area contributed by atoms with E-state index in [4.69, 9.17) is 4.74 Å². The van der Waals surface area contributed by atoms with E-state index in [0.29, 0.717) is 23.7 Å². The molecule has 0 unspecified atom stereocenters. The zero-order valence-electron chi connectivity index (χ0n) is 21.1. The number of carbonyl (C=O) groups is 1. The van der Waals surface area contributed by atoms with Crippen LogP contribution in [0, 0.1) is 20.8 Å². The Kier molecular flexibility index (Phi) is 7.94. The molecule has 0 aliphatic rings. The second-order valence-corrected chi connectivity index (χ2v) is 10.8. The van der Waals surface area contributed by atoms with Crippen molar-refractivity contribution in [2.75, 3.05) is 16.2 Å². The van der Waals surface area contributed by atoms with Gasteiger partial charge < -0.3 is 10.1 Å². The van der Waals surface area contributed by atoms with E-state index in [2.05, 4.69) is 5.32 Å². The summed E-state index contributed by atoms with van der Waals surface area (Å²) in [6.07, 6.45) is 0. The topological polar surface area (TPSA) is 75.7 Å². The first-order chi connectivity index (χ1) is 17.7. The molecule has 0 atom stereocenters. The number of hydrogen-bond donors (Lipinski definition) is 1. The van der Waals surface area contributed by atoms with Gasteiger partial charge in [-0.05, 0) is 79.9 Å². The molecule has 37 heavy (non-hydrogen) atoms. The number of sulfonamides is 1. The van der Waals surface area contributed by atoms with Gasteiger partial charge in [0.05, 0.1) is 10.6 Å². The number of nitrogens with one attached hydrogen (secondary N) is 1. The van der Waals surface area contributed by atoms with E-state index in [0.717, 1.165) is 22.3 Å². The summed E-state index contributed by atoms with van der Waals surface area (Å²) in [4.78, 5) is 13.2. The number of nitrogens with zero attached hydrogens (tertiary/aromatic N) is 1. The third kappa shape index (κ3) is 6.37. The lowest BCUT2D eigenvalue weighted by atomic mass is 10.1. The molecule has 0 bridgehead atoms. The third-order valence-corrected chi connectivity index (χ3v) is 7.90. The predicted octanol–water partition coefficient (Wildman–Crippen LogP) is 6.02. The van der Waals surface area contributed by atoms with Gasteiger partial charge in [0, 0.05) is 5.69 Å². The second-order valence-electron chi connectivity index (χ2n) is 8.89. The molecule has 1 N–H and O–H groups in total. The van der Waals surface area contributed by atoms with Gasteiger partial charge in [0.15, 0.2) is 0 Å². The Hall–Kier alpha value is -4.10. The fraction of sp³-hybridized carbons (Fsp3) is 0.167. The van der Waals surface area contributed by atoms with Gasteiger partial charge in [0.25, 0.3) is 10.0 Å². The highest BCUT2D eigenvalue weighted by atomic mass is 32.2. The quantitative estimate of drug-likeness (QED) is 0.296. The van der Waals surface area contributed by atoms with Gasteiger partial charge in [0.2, 0.25) is 5.91 Å². The highest BCUT2D eigenvalue weighted by Crippen LogP contribution is 2.29. The summed E-state index contributed by atoms with van der Waals surface area (Å²) >= 11 is 0. The summed E-state index contributed by atoms with van der Waals surface area (Å²) in [6.45, 7) is 5.73. The van der Waals surface area contributed by atoms with E-state index < -0.39 is 15.9 Å². The predicted molar refractivity (Wildman–Crippen MR) is 147 cm³/mol. The average molecular weight is 515 g/mol. The third-order valence-electron chi connectivity index (χ3n) is 6.13. The van der Waals surface area contributed by atoms with E-state index in [1.54, 1.807) is 60.7 Å². The summed E-state index contributed by atoms with van der Waals surface area (Å²) in [6, 6.07) is 28.9. The van der Waals surface area contributed by atoms with Crippen LogP contribution in [0.2, 0.25) is 0 Å². The Bertz CT molecular complexity index is 1470. The highest BCUT2D eigenvalue weighted by Gasteiger charge is 2.28. The lowest BCUT2D eigenvalue weighted by Crippen LogP contribution is -2.38. The van der Waals surface area contributed by atoms with E-state index in [-0.39, 0.29) is 11.4 Å². The smallest absolute Gasteiger partial charge is 0.264 e. The van der Waals surface area contributed by atoms with Crippen LogP contribution < -0.4 is 14.4 Å². The van der Waals surface area contributed by atoms with Crippen LogP contribution >= 0.6 is 0 Å². The van der Waals surface area contributed by atoms with Crippen LogP contribution in [0.15, 0.2) is 102 Å². The van der Waals surface area contributed by atoms with Crippen molar-refractivity contribution in [2.24, 2.45) is 0 Å². The molecule has 0 saturated heterocycles. The Labute approximate surface area is 218 Å². The molecule has 6 nitrogen and oxygen atoms in total. The summed E-state index contributed by atoms with van der Waals surface area (Å²) < 4.78 is 34.3. The van der Waals surface area contributed by atoms with E-state index >= 15 is 0 Å². The molecule has 7 heteroatoms.